The van der Waals surface area contributed by atoms with E-state index in [1.54, 1.807) is 18.2 Å². The molecular formula is C29H25Cl2N7O. The molecule has 0 unspecified atom stereocenters. The summed E-state index contributed by atoms with van der Waals surface area (Å²) in [5.74, 6) is 0.347. The molecule has 1 N–H and O–H groups in total. The van der Waals surface area contributed by atoms with Crippen molar-refractivity contribution in [2.75, 3.05) is 43.4 Å². The van der Waals surface area contributed by atoms with Crippen LogP contribution in [0.4, 0.5) is 17.3 Å². The second-order valence-electron chi connectivity index (χ2n) is 9.44. The van der Waals surface area contributed by atoms with Crippen LogP contribution in [0.1, 0.15) is 0 Å². The van der Waals surface area contributed by atoms with E-state index in [0.29, 0.717) is 43.8 Å². The molecule has 5 aromatic rings. The molecule has 3 aromatic carbocycles. The van der Waals surface area contributed by atoms with Gasteiger partial charge < -0.3 is 15.1 Å². The van der Waals surface area contributed by atoms with Gasteiger partial charge in [0.15, 0.2) is 0 Å². The largest absolute Gasteiger partial charge is 0.369 e. The minimum Gasteiger partial charge on any atom is -0.369 e. The summed E-state index contributed by atoms with van der Waals surface area (Å²) >= 11 is 12.7. The third kappa shape index (κ3) is 5.18. The van der Waals surface area contributed by atoms with Gasteiger partial charge in [-0.25, -0.2) is 9.97 Å². The van der Waals surface area contributed by atoms with Crippen molar-refractivity contribution in [2.24, 2.45) is 0 Å². The van der Waals surface area contributed by atoms with Gasteiger partial charge >= 0.3 is 0 Å². The Bertz CT molecular complexity index is 1700. The molecule has 2 aromatic heterocycles. The number of hydrogen-bond donors (Lipinski definition) is 1. The molecule has 1 aliphatic rings. The number of anilines is 3. The van der Waals surface area contributed by atoms with Gasteiger partial charge in [0.05, 0.1) is 16.1 Å². The molecule has 6 rings (SSSR count). The van der Waals surface area contributed by atoms with Crippen LogP contribution in [0, 0.1) is 0 Å². The van der Waals surface area contributed by atoms with E-state index in [0.717, 1.165) is 31.9 Å². The highest BCUT2D eigenvalue weighted by Gasteiger charge is 2.19. The first-order valence-corrected chi connectivity index (χ1v) is 13.3. The Kier molecular flexibility index (Phi) is 6.91. The van der Waals surface area contributed by atoms with Gasteiger partial charge in [-0.15, -0.1) is 0 Å². The van der Waals surface area contributed by atoms with E-state index in [2.05, 4.69) is 39.3 Å². The molecule has 1 aliphatic heterocycles. The molecule has 1 saturated heterocycles. The number of benzene rings is 3. The van der Waals surface area contributed by atoms with Crippen LogP contribution >= 0.6 is 23.2 Å². The van der Waals surface area contributed by atoms with E-state index in [-0.39, 0.29) is 5.56 Å². The minimum atomic E-state index is -0.326. The first kappa shape index (κ1) is 25.3. The van der Waals surface area contributed by atoms with Crippen LogP contribution < -0.4 is 15.8 Å². The monoisotopic (exact) mass is 557 g/mol. The lowest BCUT2D eigenvalue weighted by Gasteiger charge is -2.34. The van der Waals surface area contributed by atoms with Crippen LogP contribution in [0.2, 0.25) is 10.0 Å². The van der Waals surface area contributed by atoms with Crippen LogP contribution in [0.15, 0.2) is 83.8 Å². The summed E-state index contributed by atoms with van der Waals surface area (Å²) in [6.45, 7) is 4.09. The van der Waals surface area contributed by atoms with Crippen molar-refractivity contribution in [2.45, 2.75) is 0 Å². The maximum absolute atomic E-state index is 13.5. The number of nitrogens with zero attached hydrogens (tertiary/aromatic N) is 6. The number of likely N-dealkylation sites (N-methyl/N-ethyl adjacent to an activating group) is 1. The predicted octanol–water partition coefficient (Wildman–Crippen LogP) is 5.64. The van der Waals surface area contributed by atoms with Crippen molar-refractivity contribution in [3.8, 4) is 16.9 Å². The van der Waals surface area contributed by atoms with Crippen molar-refractivity contribution in [3.05, 3.63) is 99.4 Å². The Morgan fingerprint density at radius 2 is 1.62 bits per heavy atom. The van der Waals surface area contributed by atoms with Crippen molar-refractivity contribution in [1.29, 1.82) is 0 Å². The van der Waals surface area contributed by atoms with Gasteiger partial charge in [0.1, 0.15) is 11.2 Å². The molecule has 10 heteroatoms. The summed E-state index contributed by atoms with van der Waals surface area (Å²) < 4.78 is 1.34. The zero-order chi connectivity index (χ0) is 26.9. The fraction of sp³-hybridized carbons (Fsp3) is 0.172. The molecule has 0 radical (unpaired) electrons. The molecule has 0 bridgehead atoms. The number of nitrogens with one attached hydrogen (secondary N) is 1. The quantitative estimate of drug-likeness (QED) is 0.299. The molecule has 0 spiro atoms. The fourth-order valence-corrected chi connectivity index (χ4v) is 5.14. The first-order chi connectivity index (χ1) is 19.0. The van der Waals surface area contributed by atoms with Crippen molar-refractivity contribution >= 4 is 51.4 Å². The molecule has 39 heavy (non-hydrogen) atoms. The number of para-hydroxylation sites is 1. The Morgan fingerprint density at radius 3 is 2.33 bits per heavy atom. The van der Waals surface area contributed by atoms with Crippen LogP contribution in [0.3, 0.4) is 0 Å². The predicted molar refractivity (Wildman–Crippen MR) is 158 cm³/mol. The standard InChI is InChI=1S/C29H25Cl2N7O/c1-36-13-15-37(16-14-36)21-10-8-20(9-11-21)33-29-32-18-24-26(34-29)27(23-12-7-19(30)17-25(23)31)35-38(28(24)39)22-5-3-2-4-6-22/h2-12,17-18H,13-16H2,1H3,(H,32,33,34). The Morgan fingerprint density at radius 1 is 0.872 bits per heavy atom. The number of piperazine rings is 1. The molecule has 1 fully saturated rings. The highest BCUT2D eigenvalue weighted by Crippen LogP contribution is 2.33. The maximum atomic E-state index is 13.5. The van der Waals surface area contributed by atoms with Gasteiger partial charge in [-0.05, 0) is 61.6 Å². The molecule has 3 heterocycles. The minimum absolute atomic E-state index is 0.325. The van der Waals surface area contributed by atoms with Gasteiger partial charge in [0.2, 0.25) is 5.95 Å². The van der Waals surface area contributed by atoms with Gasteiger partial charge in [-0.1, -0.05) is 41.4 Å². The number of aromatic nitrogens is 4. The molecular weight excluding hydrogens is 533 g/mol. The highest BCUT2D eigenvalue weighted by molar-refractivity contribution is 6.36. The van der Waals surface area contributed by atoms with Crippen LogP contribution in [-0.2, 0) is 0 Å². The Hall–Kier alpha value is -3.98. The number of rotatable bonds is 5. The second kappa shape index (κ2) is 10.6. The molecule has 0 saturated carbocycles. The molecule has 0 amide bonds. The zero-order valence-corrected chi connectivity index (χ0v) is 22.7. The number of hydrogen-bond acceptors (Lipinski definition) is 7. The Labute approximate surface area is 235 Å². The van der Waals surface area contributed by atoms with E-state index < -0.39 is 0 Å². The molecule has 196 valence electrons. The third-order valence-electron chi connectivity index (χ3n) is 6.81. The normalized spacial score (nSPS) is 14.1. The van der Waals surface area contributed by atoms with Crippen molar-refractivity contribution in [1.82, 2.24) is 24.6 Å². The van der Waals surface area contributed by atoms with Crippen LogP contribution in [0.25, 0.3) is 27.8 Å². The number of halogens is 2. The lowest BCUT2D eigenvalue weighted by atomic mass is 10.1. The fourth-order valence-electron chi connectivity index (χ4n) is 4.64. The second-order valence-corrected chi connectivity index (χ2v) is 10.3. The smallest absolute Gasteiger partial charge is 0.282 e. The van der Waals surface area contributed by atoms with Gasteiger partial charge in [-0.2, -0.15) is 9.78 Å². The highest BCUT2D eigenvalue weighted by atomic mass is 35.5. The van der Waals surface area contributed by atoms with Crippen molar-refractivity contribution < 1.29 is 0 Å². The lowest BCUT2D eigenvalue weighted by molar-refractivity contribution is 0.313. The van der Waals surface area contributed by atoms with Gasteiger partial charge in [0, 0.05) is 54.3 Å². The Balaban J connectivity index is 1.40. The average Bonchev–Trinajstić information content (AvgIpc) is 2.95. The van der Waals surface area contributed by atoms with E-state index in [4.69, 9.17) is 33.3 Å². The molecule has 0 atom stereocenters. The van der Waals surface area contributed by atoms with Crippen LogP contribution in [0.5, 0.6) is 0 Å². The summed E-state index contributed by atoms with van der Waals surface area (Å²) in [5, 5.41) is 9.19. The third-order valence-corrected chi connectivity index (χ3v) is 7.36. The average molecular weight is 558 g/mol. The summed E-state index contributed by atoms with van der Waals surface area (Å²) in [7, 11) is 2.15. The summed E-state index contributed by atoms with van der Waals surface area (Å²) in [6.07, 6.45) is 1.53. The zero-order valence-electron chi connectivity index (χ0n) is 21.2. The number of fused-ring (bicyclic) bond motifs is 1. The van der Waals surface area contributed by atoms with E-state index in [9.17, 15) is 4.79 Å². The van der Waals surface area contributed by atoms with Gasteiger partial charge in [0.25, 0.3) is 5.56 Å². The van der Waals surface area contributed by atoms with E-state index in [1.165, 1.54) is 16.6 Å². The topological polar surface area (TPSA) is 79.2 Å². The maximum Gasteiger partial charge on any atom is 0.282 e. The molecule has 8 nitrogen and oxygen atoms in total. The molecule has 0 aliphatic carbocycles. The summed E-state index contributed by atoms with van der Waals surface area (Å²) in [5.41, 5.74) is 3.76. The first-order valence-electron chi connectivity index (χ1n) is 12.6. The van der Waals surface area contributed by atoms with E-state index >= 15 is 0 Å². The van der Waals surface area contributed by atoms with Gasteiger partial charge in [-0.3, -0.25) is 4.79 Å². The lowest BCUT2D eigenvalue weighted by Crippen LogP contribution is -2.44. The SMILES string of the molecule is CN1CCN(c2ccc(Nc3ncc4c(=O)n(-c5ccccc5)nc(-c5ccc(Cl)cc5Cl)c4n3)cc2)CC1. The van der Waals surface area contributed by atoms with Crippen LogP contribution in [-0.4, -0.2) is 57.9 Å². The summed E-state index contributed by atoms with van der Waals surface area (Å²) in [4.78, 5) is 27.4. The van der Waals surface area contributed by atoms with Crippen molar-refractivity contribution in [3.63, 3.8) is 0 Å². The van der Waals surface area contributed by atoms with E-state index in [1.807, 2.05) is 42.5 Å². The summed E-state index contributed by atoms with van der Waals surface area (Å²) in [6, 6.07) is 22.6.